The van der Waals surface area contributed by atoms with E-state index in [-0.39, 0.29) is 23.8 Å². The second kappa shape index (κ2) is 4.43. The summed E-state index contributed by atoms with van der Waals surface area (Å²) in [4.78, 5) is 11.3. The van der Waals surface area contributed by atoms with Gasteiger partial charge in [0.25, 0.3) is 0 Å². The number of nitrogens with two attached hydrogens (primary N) is 1. The molecule has 0 aromatic heterocycles. The number of benzene rings is 1. The second-order valence-electron chi connectivity index (χ2n) is 2.64. The molecule has 0 saturated carbocycles. The van der Waals surface area contributed by atoms with Crippen LogP contribution in [-0.2, 0) is 0 Å². The van der Waals surface area contributed by atoms with E-state index in [0.29, 0.717) is 10.0 Å². The Balaban J connectivity index is 3.22. The number of Topliss-reactive ketones (excluding diaryl/α,β-unsaturated/α-hetero) is 1. The van der Waals surface area contributed by atoms with E-state index in [4.69, 9.17) is 10.5 Å². The van der Waals surface area contributed by atoms with E-state index in [2.05, 4.69) is 15.9 Å². The molecule has 5 heteroatoms. The number of rotatable bonds is 3. The summed E-state index contributed by atoms with van der Waals surface area (Å²) in [5.74, 6) is 0.0150. The zero-order valence-electron chi connectivity index (χ0n) is 7.58. The van der Waals surface area contributed by atoms with Crippen molar-refractivity contribution in [1.82, 2.24) is 0 Å². The molecule has 0 spiro atoms. The summed E-state index contributed by atoms with van der Waals surface area (Å²) < 4.78 is 5.30. The predicted molar refractivity (Wildman–Crippen MR) is 55.7 cm³/mol. The van der Waals surface area contributed by atoms with Crippen molar-refractivity contribution in [2.24, 2.45) is 5.73 Å². The molecule has 0 saturated heterocycles. The van der Waals surface area contributed by atoms with Crippen molar-refractivity contribution in [3.63, 3.8) is 0 Å². The van der Waals surface area contributed by atoms with Gasteiger partial charge in [0.2, 0.25) is 0 Å². The number of ether oxygens (including phenoxy) is 1. The first-order valence-electron chi connectivity index (χ1n) is 3.90. The summed E-state index contributed by atoms with van der Waals surface area (Å²) in [7, 11) is 1.41. The van der Waals surface area contributed by atoms with Crippen LogP contribution in [0.1, 0.15) is 10.4 Å². The summed E-state index contributed by atoms with van der Waals surface area (Å²) in [5.41, 5.74) is 5.63. The Morgan fingerprint density at radius 2 is 2.29 bits per heavy atom. The van der Waals surface area contributed by atoms with Gasteiger partial charge in [-0.3, -0.25) is 4.79 Å². The normalized spacial score (nSPS) is 9.93. The van der Waals surface area contributed by atoms with Crippen molar-refractivity contribution in [3.05, 3.63) is 22.2 Å². The molecule has 0 aliphatic rings. The number of hydrogen-bond donors (Lipinski definition) is 2. The SMILES string of the molecule is COc1cc(C(=O)CN)cc(Br)c1O. The van der Waals surface area contributed by atoms with Crippen LogP contribution in [0.2, 0.25) is 0 Å². The molecule has 1 rings (SSSR count). The Labute approximate surface area is 89.8 Å². The number of ketones is 1. The van der Waals surface area contributed by atoms with E-state index in [1.807, 2.05) is 0 Å². The van der Waals surface area contributed by atoms with E-state index in [1.54, 1.807) is 0 Å². The molecule has 0 aliphatic carbocycles. The van der Waals surface area contributed by atoms with Gasteiger partial charge in [0.1, 0.15) is 0 Å². The summed E-state index contributed by atoms with van der Waals surface area (Å²) in [6, 6.07) is 2.96. The van der Waals surface area contributed by atoms with Gasteiger partial charge < -0.3 is 15.6 Å². The minimum absolute atomic E-state index is 0.0268. The van der Waals surface area contributed by atoms with Crippen LogP contribution in [0.15, 0.2) is 16.6 Å². The van der Waals surface area contributed by atoms with Crippen LogP contribution in [0.4, 0.5) is 0 Å². The Morgan fingerprint density at radius 3 is 2.79 bits per heavy atom. The summed E-state index contributed by atoms with van der Waals surface area (Å²) in [6.45, 7) is -0.0691. The topological polar surface area (TPSA) is 72.5 Å². The molecule has 0 amide bonds. The van der Waals surface area contributed by atoms with Crippen molar-refractivity contribution in [3.8, 4) is 11.5 Å². The Hall–Kier alpha value is -1.07. The zero-order valence-corrected chi connectivity index (χ0v) is 9.17. The molecule has 14 heavy (non-hydrogen) atoms. The third kappa shape index (κ3) is 2.05. The number of phenols is 1. The molecule has 0 atom stereocenters. The molecule has 0 bridgehead atoms. The van der Waals surface area contributed by atoms with Gasteiger partial charge in [-0.05, 0) is 28.1 Å². The van der Waals surface area contributed by atoms with Crippen LogP contribution in [-0.4, -0.2) is 24.5 Å². The first-order valence-corrected chi connectivity index (χ1v) is 4.69. The van der Waals surface area contributed by atoms with E-state index in [1.165, 1.54) is 19.2 Å². The minimum Gasteiger partial charge on any atom is -0.503 e. The van der Waals surface area contributed by atoms with Gasteiger partial charge in [0.05, 0.1) is 18.1 Å². The standard InChI is InChI=1S/C9H10BrNO3/c1-14-8-3-5(7(12)4-11)2-6(10)9(8)13/h2-3,13H,4,11H2,1H3. The van der Waals surface area contributed by atoms with Gasteiger partial charge in [-0.15, -0.1) is 0 Å². The fraction of sp³-hybridized carbons (Fsp3) is 0.222. The monoisotopic (exact) mass is 259 g/mol. The molecule has 1 aromatic rings. The lowest BCUT2D eigenvalue weighted by Gasteiger charge is -2.07. The summed E-state index contributed by atoms with van der Waals surface area (Å²) in [6.07, 6.45) is 0. The van der Waals surface area contributed by atoms with E-state index in [9.17, 15) is 9.90 Å². The van der Waals surface area contributed by atoms with Crippen molar-refractivity contribution in [2.75, 3.05) is 13.7 Å². The van der Waals surface area contributed by atoms with Crippen molar-refractivity contribution in [1.29, 1.82) is 0 Å². The zero-order chi connectivity index (χ0) is 10.7. The fourth-order valence-electron chi connectivity index (χ4n) is 1.01. The molecule has 0 aliphatic heterocycles. The van der Waals surface area contributed by atoms with E-state index >= 15 is 0 Å². The number of hydrogen-bond acceptors (Lipinski definition) is 4. The first kappa shape index (κ1) is 11.0. The van der Waals surface area contributed by atoms with Gasteiger partial charge in [-0.25, -0.2) is 0 Å². The summed E-state index contributed by atoms with van der Waals surface area (Å²) in [5, 5.41) is 9.46. The average Bonchev–Trinajstić information content (AvgIpc) is 2.20. The summed E-state index contributed by atoms with van der Waals surface area (Å²) >= 11 is 3.11. The molecule has 0 fully saturated rings. The van der Waals surface area contributed by atoms with Gasteiger partial charge in [-0.1, -0.05) is 0 Å². The van der Waals surface area contributed by atoms with Gasteiger partial charge >= 0.3 is 0 Å². The first-order chi connectivity index (χ1) is 6.60. The minimum atomic E-state index is -0.205. The van der Waals surface area contributed by atoms with Crippen molar-refractivity contribution >= 4 is 21.7 Å². The van der Waals surface area contributed by atoms with E-state index < -0.39 is 0 Å². The molecule has 4 nitrogen and oxygen atoms in total. The number of aromatic hydroxyl groups is 1. The van der Waals surface area contributed by atoms with Crippen LogP contribution in [0.25, 0.3) is 0 Å². The number of halogens is 1. The molecule has 76 valence electrons. The van der Waals surface area contributed by atoms with Gasteiger partial charge in [0.15, 0.2) is 17.3 Å². The van der Waals surface area contributed by atoms with Crippen LogP contribution >= 0.6 is 15.9 Å². The van der Waals surface area contributed by atoms with Crippen LogP contribution in [0.3, 0.4) is 0 Å². The highest BCUT2D eigenvalue weighted by atomic mass is 79.9. The lowest BCUT2D eigenvalue weighted by atomic mass is 10.1. The number of carbonyl (C=O) groups is 1. The third-order valence-electron chi connectivity index (χ3n) is 1.76. The number of methoxy groups -OCH3 is 1. The molecule has 1 aromatic carbocycles. The van der Waals surface area contributed by atoms with Gasteiger partial charge in [-0.2, -0.15) is 0 Å². The predicted octanol–water partition coefficient (Wildman–Crippen LogP) is 1.30. The lowest BCUT2D eigenvalue weighted by molar-refractivity contribution is 0.100. The second-order valence-corrected chi connectivity index (χ2v) is 3.49. The van der Waals surface area contributed by atoms with Crippen molar-refractivity contribution in [2.45, 2.75) is 0 Å². The quantitative estimate of drug-likeness (QED) is 0.803. The Kier molecular flexibility index (Phi) is 3.49. The maximum absolute atomic E-state index is 11.3. The van der Waals surface area contributed by atoms with E-state index in [0.717, 1.165) is 0 Å². The third-order valence-corrected chi connectivity index (χ3v) is 2.36. The maximum atomic E-state index is 11.3. The Bertz CT molecular complexity index is 365. The highest BCUT2D eigenvalue weighted by Crippen LogP contribution is 2.35. The largest absolute Gasteiger partial charge is 0.503 e. The lowest BCUT2D eigenvalue weighted by Crippen LogP contribution is -2.13. The molecule has 0 unspecified atom stereocenters. The molecular formula is C9H10BrNO3. The highest BCUT2D eigenvalue weighted by molar-refractivity contribution is 9.10. The highest BCUT2D eigenvalue weighted by Gasteiger charge is 2.12. The molecule has 0 heterocycles. The number of carbonyl (C=O) groups excluding carboxylic acids is 1. The molecule has 0 radical (unpaired) electrons. The average molecular weight is 260 g/mol. The molecular weight excluding hydrogens is 250 g/mol. The maximum Gasteiger partial charge on any atom is 0.176 e. The number of phenolic OH excluding ortho intramolecular Hbond substituents is 1. The van der Waals surface area contributed by atoms with Crippen LogP contribution in [0.5, 0.6) is 11.5 Å². The smallest absolute Gasteiger partial charge is 0.176 e. The van der Waals surface area contributed by atoms with Crippen LogP contribution < -0.4 is 10.5 Å². The van der Waals surface area contributed by atoms with Crippen LogP contribution in [0, 0.1) is 0 Å². The Morgan fingerprint density at radius 1 is 1.64 bits per heavy atom. The fourth-order valence-corrected chi connectivity index (χ4v) is 1.45. The van der Waals surface area contributed by atoms with Crippen molar-refractivity contribution < 1.29 is 14.6 Å². The van der Waals surface area contributed by atoms with Gasteiger partial charge in [0, 0.05) is 5.56 Å². The molecule has 3 N–H and O–H groups in total.